The van der Waals surface area contributed by atoms with E-state index in [9.17, 15) is 0 Å². The van der Waals surface area contributed by atoms with Crippen molar-refractivity contribution in [1.29, 1.82) is 0 Å². The predicted molar refractivity (Wildman–Crippen MR) is 80.4 cm³/mol. The quantitative estimate of drug-likeness (QED) is 0.737. The van der Waals surface area contributed by atoms with E-state index in [4.69, 9.17) is 0 Å². The van der Waals surface area contributed by atoms with Gasteiger partial charge in [-0.1, -0.05) is 0 Å². The Labute approximate surface area is 123 Å². The summed E-state index contributed by atoms with van der Waals surface area (Å²) in [6, 6.07) is 2.13. The highest BCUT2D eigenvalue weighted by Crippen LogP contribution is 2.25. The fraction of sp³-hybridized carbons (Fsp3) is 0.250. The molecule has 0 N–H and O–H groups in total. The van der Waals surface area contributed by atoms with Gasteiger partial charge in [0, 0.05) is 20.6 Å². The van der Waals surface area contributed by atoms with Crippen molar-refractivity contribution in [2.24, 2.45) is 7.05 Å². The van der Waals surface area contributed by atoms with Crippen molar-refractivity contribution in [1.82, 2.24) is 19.7 Å². The second kappa shape index (κ2) is 4.90. The summed E-state index contributed by atoms with van der Waals surface area (Å²) in [5.41, 5.74) is 2.11. The van der Waals surface area contributed by atoms with Crippen LogP contribution in [0, 0.1) is 0 Å². The van der Waals surface area contributed by atoms with Gasteiger partial charge in [-0.15, -0.1) is 11.3 Å². The highest BCUT2D eigenvalue weighted by Gasteiger charge is 2.12. The number of fused-ring (bicyclic) bond motifs is 1. The first kappa shape index (κ1) is 12.6. The van der Waals surface area contributed by atoms with Crippen molar-refractivity contribution >= 4 is 44.1 Å². The van der Waals surface area contributed by atoms with E-state index < -0.39 is 0 Å². The Balaban J connectivity index is 1.95. The Morgan fingerprint density at radius 3 is 3.00 bits per heavy atom. The fourth-order valence-corrected chi connectivity index (χ4v) is 3.23. The lowest BCUT2D eigenvalue weighted by molar-refractivity contribution is 0.785. The zero-order valence-electron chi connectivity index (χ0n) is 10.5. The van der Waals surface area contributed by atoms with E-state index in [1.54, 1.807) is 22.3 Å². The van der Waals surface area contributed by atoms with Crippen LogP contribution < -0.4 is 4.90 Å². The smallest absolute Gasteiger partial charge is 0.163 e. The molecule has 0 bridgehead atoms. The van der Waals surface area contributed by atoms with Crippen molar-refractivity contribution in [2.75, 3.05) is 11.9 Å². The Hall–Kier alpha value is -1.47. The van der Waals surface area contributed by atoms with Crippen molar-refractivity contribution in [3.8, 4) is 0 Å². The van der Waals surface area contributed by atoms with Crippen LogP contribution in [0.1, 0.15) is 5.56 Å². The lowest BCUT2D eigenvalue weighted by atomic mass is 10.3. The normalized spacial score (nSPS) is 11.1. The molecule has 0 aliphatic rings. The molecule has 0 unspecified atom stereocenters. The molecule has 19 heavy (non-hydrogen) atoms. The lowest BCUT2D eigenvalue weighted by Gasteiger charge is -2.17. The molecule has 5 nitrogen and oxygen atoms in total. The van der Waals surface area contributed by atoms with Gasteiger partial charge in [0.05, 0.1) is 15.4 Å². The predicted octanol–water partition coefficient (Wildman–Crippen LogP) is 2.82. The molecule has 0 aromatic carbocycles. The monoisotopic (exact) mass is 337 g/mol. The van der Waals surface area contributed by atoms with Gasteiger partial charge in [0.2, 0.25) is 0 Å². The maximum atomic E-state index is 4.38. The van der Waals surface area contributed by atoms with E-state index in [0.717, 1.165) is 27.2 Å². The summed E-state index contributed by atoms with van der Waals surface area (Å²) in [5, 5.41) is 7.35. The second-order valence-electron chi connectivity index (χ2n) is 4.32. The van der Waals surface area contributed by atoms with Crippen molar-refractivity contribution < 1.29 is 0 Å². The van der Waals surface area contributed by atoms with Crippen molar-refractivity contribution in [3.05, 3.63) is 33.3 Å². The van der Waals surface area contributed by atoms with Crippen LogP contribution in [0.2, 0.25) is 0 Å². The third-order valence-electron chi connectivity index (χ3n) is 2.91. The van der Waals surface area contributed by atoms with E-state index in [-0.39, 0.29) is 0 Å². The summed E-state index contributed by atoms with van der Waals surface area (Å²) in [6.45, 7) is 0.809. The van der Waals surface area contributed by atoms with Crippen LogP contribution in [0.5, 0.6) is 0 Å². The highest BCUT2D eigenvalue weighted by molar-refractivity contribution is 9.11. The van der Waals surface area contributed by atoms with E-state index in [1.165, 1.54) is 5.56 Å². The maximum absolute atomic E-state index is 4.38. The molecule has 0 aliphatic carbocycles. The number of thiophene rings is 1. The molecule has 3 rings (SSSR count). The summed E-state index contributed by atoms with van der Waals surface area (Å²) in [5.74, 6) is 0.903. The summed E-state index contributed by atoms with van der Waals surface area (Å²) in [6.07, 6.45) is 3.39. The van der Waals surface area contributed by atoms with Gasteiger partial charge >= 0.3 is 0 Å². The Bertz CT molecular complexity index is 720. The van der Waals surface area contributed by atoms with E-state index in [2.05, 4.69) is 47.3 Å². The summed E-state index contributed by atoms with van der Waals surface area (Å²) >= 11 is 5.17. The van der Waals surface area contributed by atoms with Gasteiger partial charge in [-0.3, -0.25) is 4.68 Å². The van der Waals surface area contributed by atoms with E-state index in [1.807, 2.05) is 20.3 Å². The third kappa shape index (κ3) is 2.35. The number of nitrogens with zero attached hydrogens (tertiary/aromatic N) is 5. The summed E-state index contributed by atoms with van der Waals surface area (Å²) in [7, 11) is 3.91. The molecule has 0 radical (unpaired) electrons. The topological polar surface area (TPSA) is 46.8 Å². The van der Waals surface area contributed by atoms with E-state index >= 15 is 0 Å². The molecule has 0 saturated heterocycles. The Kier molecular flexibility index (Phi) is 3.24. The number of halogens is 1. The first-order valence-electron chi connectivity index (χ1n) is 5.72. The zero-order valence-corrected chi connectivity index (χ0v) is 12.9. The molecule has 3 aromatic heterocycles. The minimum absolute atomic E-state index is 0.809. The number of hydrogen-bond acceptors (Lipinski definition) is 5. The molecule has 98 valence electrons. The Morgan fingerprint density at radius 1 is 1.42 bits per heavy atom. The molecule has 3 heterocycles. The third-order valence-corrected chi connectivity index (χ3v) is 4.46. The minimum Gasteiger partial charge on any atom is -0.355 e. The number of anilines is 1. The largest absolute Gasteiger partial charge is 0.355 e. The van der Waals surface area contributed by atoms with Crippen LogP contribution in [0.3, 0.4) is 0 Å². The molecule has 3 aromatic rings. The fourth-order valence-electron chi connectivity index (χ4n) is 2.03. The van der Waals surface area contributed by atoms with Crippen LogP contribution in [-0.4, -0.2) is 26.8 Å². The number of aromatic nitrogens is 4. The van der Waals surface area contributed by atoms with Crippen LogP contribution in [0.15, 0.2) is 27.8 Å². The summed E-state index contributed by atoms with van der Waals surface area (Å²) < 4.78 is 2.90. The second-order valence-corrected chi connectivity index (χ2v) is 6.61. The van der Waals surface area contributed by atoms with Crippen molar-refractivity contribution in [3.63, 3.8) is 0 Å². The van der Waals surface area contributed by atoms with Gasteiger partial charge < -0.3 is 4.90 Å². The molecule has 0 fully saturated rings. The van der Waals surface area contributed by atoms with Gasteiger partial charge in [0.1, 0.15) is 12.1 Å². The van der Waals surface area contributed by atoms with Gasteiger partial charge in [-0.2, -0.15) is 5.10 Å². The molecule has 7 heteroatoms. The van der Waals surface area contributed by atoms with Crippen molar-refractivity contribution in [2.45, 2.75) is 6.54 Å². The van der Waals surface area contributed by atoms with E-state index in [0.29, 0.717) is 0 Å². The van der Waals surface area contributed by atoms with Crippen LogP contribution in [0.4, 0.5) is 5.82 Å². The van der Waals surface area contributed by atoms with Crippen LogP contribution >= 0.6 is 27.3 Å². The van der Waals surface area contributed by atoms with Gasteiger partial charge in [0.15, 0.2) is 5.65 Å². The molecule has 0 spiro atoms. The summed E-state index contributed by atoms with van der Waals surface area (Å²) in [4.78, 5) is 10.7. The first-order valence-corrected chi connectivity index (χ1v) is 7.39. The number of aryl methyl sites for hydroxylation is 1. The average molecular weight is 338 g/mol. The molecule has 0 atom stereocenters. The van der Waals surface area contributed by atoms with Gasteiger partial charge in [-0.05, 0) is 32.9 Å². The first-order chi connectivity index (χ1) is 9.15. The standard InChI is InChI=1S/C12H12BrN5S/c1-17(5-8-3-10(13)19-6-8)11-9-4-16-18(2)12(9)15-7-14-11/h3-4,6-7H,5H2,1-2H3. The Morgan fingerprint density at radius 2 is 2.26 bits per heavy atom. The van der Waals surface area contributed by atoms with Crippen LogP contribution in [0.25, 0.3) is 11.0 Å². The minimum atomic E-state index is 0.809. The highest BCUT2D eigenvalue weighted by atomic mass is 79.9. The van der Waals surface area contributed by atoms with Gasteiger partial charge in [-0.25, -0.2) is 9.97 Å². The lowest BCUT2D eigenvalue weighted by Crippen LogP contribution is -2.17. The molecular formula is C12H12BrN5S. The van der Waals surface area contributed by atoms with Crippen LogP contribution in [-0.2, 0) is 13.6 Å². The maximum Gasteiger partial charge on any atom is 0.163 e. The molecule has 0 aliphatic heterocycles. The van der Waals surface area contributed by atoms with Gasteiger partial charge in [0.25, 0.3) is 0 Å². The molecular weight excluding hydrogens is 326 g/mol. The SMILES string of the molecule is CN(Cc1csc(Br)c1)c1ncnc2c1cnn2C. The average Bonchev–Trinajstić information content (AvgIpc) is 2.96. The molecule has 0 saturated carbocycles. The zero-order chi connectivity index (χ0) is 13.4. The number of hydrogen-bond donors (Lipinski definition) is 0. The molecule has 0 amide bonds. The number of rotatable bonds is 3.